The van der Waals surface area contributed by atoms with Gasteiger partial charge in [0.25, 0.3) is 0 Å². The van der Waals surface area contributed by atoms with E-state index in [0.717, 1.165) is 4.31 Å². The Morgan fingerprint density at radius 3 is 2.24 bits per heavy atom. The molecular formula is C14H25N3O3S. The van der Waals surface area contributed by atoms with Crippen LogP contribution in [0.15, 0.2) is 23.1 Å². The fourth-order valence-corrected chi connectivity index (χ4v) is 2.48. The van der Waals surface area contributed by atoms with E-state index in [0.29, 0.717) is 12.4 Å². The first kappa shape index (κ1) is 17.7. The molecule has 1 rings (SSSR count). The van der Waals surface area contributed by atoms with Crippen LogP contribution in [0.3, 0.4) is 0 Å². The number of likely N-dealkylation sites (N-methyl/N-ethyl adjacent to an activating group) is 1. The maximum atomic E-state index is 12.2. The third-order valence-corrected chi connectivity index (χ3v) is 5.45. The minimum absolute atomic E-state index is 0.0626. The van der Waals surface area contributed by atoms with Crippen LogP contribution in [0.2, 0.25) is 0 Å². The SMILES string of the molecule is CN(C)C(C)(C)COc1cccc(S(=O)(=O)N(C)C)c1N. The van der Waals surface area contributed by atoms with Crippen molar-refractivity contribution in [1.82, 2.24) is 9.21 Å². The highest BCUT2D eigenvalue weighted by molar-refractivity contribution is 7.89. The molecule has 0 fully saturated rings. The molecule has 0 heterocycles. The van der Waals surface area contributed by atoms with Crippen LogP contribution in [-0.4, -0.2) is 58.0 Å². The summed E-state index contributed by atoms with van der Waals surface area (Å²) in [6.07, 6.45) is 0. The van der Waals surface area contributed by atoms with E-state index in [1.54, 1.807) is 12.1 Å². The largest absolute Gasteiger partial charge is 0.489 e. The number of benzene rings is 1. The monoisotopic (exact) mass is 315 g/mol. The molecular weight excluding hydrogens is 290 g/mol. The molecule has 0 spiro atoms. The molecule has 0 amide bonds. The predicted molar refractivity (Wildman–Crippen MR) is 85.0 cm³/mol. The summed E-state index contributed by atoms with van der Waals surface area (Å²) in [5.41, 5.74) is 5.92. The molecule has 7 heteroatoms. The number of anilines is 1. The Labute approximate surface area is 127 Å². The number of ether oxygens (including phenoxy) is 1. The molecule has 2 N–H and O–H groups in total. The number of hydrogen-bond donors (Lipinski definition) is 1. The number of nitrogen functional groups attached to an aromatic ring is 1. The molecule has 1 aromatic carbocycles. The topological polar surface area (TPSA) is 75.9 Å². The molecule has 0 aliphatic heterocycles. The summed E-state index contributed by atoms with van der Waals surface area (Å²) in [5, 5.41) is 0. The zero-order valence-electron chi connectivity index (χ0n) is 13.5. The average molecular weight is 315 g/mol. The normalized spacial score (nSPS) is 13.0. The lowest BCUT2D eigenvalue weighted by atomic mass is 10.1. The smallest absolute Gasteiger partial charge is 0.244 e. The summed E-state index contributed by atoms with van der Waals surface area (Å²) >= 11 is 0. The van der Waals surface area contributed by atoms with Crippen molar-refractivity contribution in [1.29, 1.82) is 0 Å². The van der Waals surface area contributed by atoms with Gasteiger partial charge in [-0.1, -0.05) is 6.07 Å². The molecule has 0 aromatic heterocycles. The van der Waals surface area contributed by atoms with Gasteiger partial charge in [0.1, 0.15) is 17.3 Å². The van der Waals surface area contributed by atoms with Crippen LogP contribution < -0.4 is 10.5 Å². The molecule has 0 atom stereocenters. The highest BCUT2D eigenvalue weighted by Crippen LogP contribution is 2.30. The minimum Gasteiger partial charge on any atom is -0.489 e. The molecule has 0 bridgehead atoms. The van der Waals surface area contributed by atoms with Gasteiger partial charge in [0, 0.05) is 19.6 Å². The van der Waals surface area contributed by atoms with Crippen molar-refractivity contribution in [3.8, 4) is 5.75 Å². The van der Waals surface area contributed by atoms with Crippen molar-refractivity contribution < 1.29 is 13.2 Å². The van der Waals surface area contributed by atoms with Gasteiger partial charge in [-0.3, -0.25) is 0 Å². The molecule has 120 valence electrons. The number of hydrogen-bond acceptors (Lipinski definition) is 5. The predicted octanol–water partition coefficient (Wildman–Crippen LogP) is 1.24. The van der Waals surface area contributed by atoms with Gasteiger partial charge in [0.05, 0.1) is 5.69 Å². The second-order valence-electron chi connectivity index (χ2n) is 5.95. The van der Waals surface area contributed by atoms with Crippen molar-refractivity contribution in [2.24, 2.45) is 0 Å². The van der Waals surface area contributed by atoms with Gasteiger partial charge in [-0.15, -0.1) is 0 Å². The molecule has 0 saturated carbocycles. The zero-order valence-corrected chi connectivity index (χ0v) is 14.4. The van der Waals surface area contributed by atoms with Crippen molar-refractivity contribution in [2.45, 2.75) is 24.3 Å². The van der Waals surface area contributed by atoms with E-state index >= 15 is 0 Å². The van der Waals surface area contributed by atoms with Gasteiger partial charge in [-0.25, -0.2) is 12.7 Å². The lowest BCUT2D eigenvalue weighted by molar-refractivity contribution is 0.114. The molecule has 21 heavy (non-hydrogen) atoms. The Morgan fingerprint density at radius 2 is 1.76 bits per heavy atom. The summed E-state index contributed by atoms with van der Waals surface area (Å²) in [4.78, 5) is 2.09. The molecule has 0 aliphatic carbocycles. The number of para-hydroxylation sites is 1. The second-order valence-corrected chi connectivity index (χ2v) is 8.07. The molecule has 0 unspecified atom stereocenters. The van der Waals surface area contributed by atoms with Gasteiger partial charge in [0.15, 0.2) is 0 Å². The Kier molecular flexibility index (Phi) is 5.25. The van der Waals surface area contributed by atoms with E-state index in [1.165, 1.54) is 20.2 Å². The molecule has 0 saturated heterocycles. The van der Waals surface area contributed by atoms with Crippen LogP contribution >= 0.6 is 0 Å². The van der Waals surface area contributed by atoms with Crippen LogP contribution in [0.1, 0.15) is 13.8 Å². The summed E-state index contributed by atoms with van der Waals surface area (Å²) in [6.45, 7) is 4.46. The van der Waals surface area contributed by atoms with E-state index in [9.17, 15) is 8.42 Å². The molecule has 0 radical (unpaired) electrons. The van der Waals surface area contributed by atoms with Crippen LogP contribution in [0.4, 0.5) is 5.69 Å². The summed E-state index contributed by atoms with van der Waals surface area (Å²) in [5.74, 6) is 0.382. The highest BCUT2D eigenvalue weighted by Gasteiger charge is 2.25. The van der Waals surface area contributed by atoms with Crippen molar-refractivity contribution >= 4 is 15.7 Å². The van der Waals surface area contributed by atoms with E-state index in [2.05, 4.69) is 0 Å². The number of nitrogens with zero attached hydrogens (tertiary/aromatic N) is 2. The molecule has 6 nitrogen and oxygen atoms in total. The number of sulfonamides is 1. The lowest BCUT2D eigenvalue weighted by Gasteiger charge is -2.32. The maximum absolute atomic E-state index is 12.2. The Morgan fingerprint density at radius 1 is 1.19 bits per heavy atom. The van der Waals surface area contributed by atoms with Crippen molar-refractivity contribution in [3.05, 3.63) is 18.2 Å². The minimum atomic E-state index is -3.58. The number of nitrogens with two attached hydrogens (primary N) is 1. The fourth-order valence-electron chi connectivity index (χ4n) is 1.45. The van der Waals surface area contributed by atoms with Gasteiger partial charge >= 0.3 is 0 Å². The average Bonchev–Trinajstić information content (AvgIpc) is 2.36. The summed E-state index contributed by atoms with van der Waals surface area (Å²) < 4.78 is 31.3. The lowest BCUT2D eigenvalue weighted by Crippen LogP contribution is -2.43. The molecule has 1 aromatic rings. The standard InChI is InChI=1S/C14H25N3O3S/c1-14(2,16(3)4)10-20-11-8-7-9-12(13(11)15)21(18,19)17(5)6/h7-9H,10,15H2,1-6H3. The van der Waals surface area contributed by atoms with Gasteiger partial charge in [0.2, 0.25) is 10.0 Å². The van der Waals surface area contributed by atoms with Crippen LogP contribution in [0, 0.1) is 0 Å². The van der Waals surface area contributed by atoms with Crippen molar-refractivity contribution in [3.63, 3.8) is 0 Å². The van der Waals surface area contributed by atoms with Crippen LogP contribution in [0.25, 0.3) is 0 Å². The van der Waals surface area contributed by atoms with Crippen molar-refractivity contribution in [2.75, 3.05) is 40.5 Å². The highest BCUT2D eigenvalue weighted by atomic mass is 32.2. The first-order valence-corrected chi connectivity index (χ1v) is 8.05. The maximum Gasteiger partial charge on any atom is 0.244 e. The zero-order chi connectivity index (χ0) is 16.4. The van der Waals surface area contributed by atoms with E-state index in [4.69, 9.17) is 10.5 Å². The van der Waals surface area contributed by atoms with Crippen LogP contribution in [0.5, 0.6) is 5.75 Å². The quantitative estimate of drug-likeness (QED) is 0.799. The Bertz CT molecular complexity index is 595. The third-order valence-electron chi connectivity index (χ3n) is 3.58. The number of rotatable bonds is 6. The summed E-state index contributed by atoms with van der Waals surface area (Å²) in [6, 6.07) is 4.79. The molecule has 0 aliphatic rings. The van der Waals surface area contributed by atoms with E-state index < -0.39 is 10.0 Å². The second kappa shape index (κ2) is 6.21. The summed E-state index contributed by atoms with van der Waals surface area (Å²) in [7, 11) is 3.27. The Balaban J connectivity index is 3.08. The van der Waals surface area contributed by atoms with Gasteiger partial charge in [-0.2, -0.15) is 0 Å². The first-order valence-electron chi connectivity index (χ1n) is 6.61. The van der Waals surface area contributed by atoms with Crippen LogP contribution in [-0.2, 0) is 10.0 Å². The third kappa shape index (κ3) is 3.87. The first-order chi connectivity index (χ1) is 9.50. The fraction of sp³-hybridized carbons (Fsp3) is 0.571. The van der Waals surface area contributed by atoms with Gasteiger partial charge in [-0.05, 0) is 40.1 Å². The van der Waals surface area contributed by atoms with Gasteiger partial charge < -0.3 is 15.4 Å². The van der Waals surface area contributed by atoms with E-state index in [1.807, 2.05) is 32.8 Å². The van der Waals surface area contributed by atoms with E-state index in [-0.39, 0.29) is 16.1 Å². The Hall–Kier alpha value is -1.31.